The number of carbonyl (C=O) groups is 3. The number of rotatable bonds is 37. The molecule has 0 saturated carbocycles. The molecule has 1 aliphatic rings. The van der Waals surface area contributed by atoms with Crippen LogP contribution in [0.4, 0.5) is 5.82 Å². The van der Waals surface area contributed by atoms with E-state index in [1.807, 2.05) is 0 Å². The summed E-state index contributed by atoms with van der Waals surface area (Å²) in [7, 11) is 0. The molecule has 15 nitrogen and oxygen atoms in total. The third-order valence-corrected chi connectivity index (χ3v) is 12.2. The van der Waals surface area contributed by atoms with Gasteiger partial charge in [0.15, 0.2) is 12.0 Å². The molecule has 1 fully saturated rings. The lowest BCUT2D eigenvalue weighted by Crippen LogP contribution is -2.56. The number of carbonyl (C=O) groups excluding carboxylic acids is 3. The minimum Gasteiger partial charge on any atom is -0.462 e. The Balaban J connectivity index is 1.76. The van der Waals surface area contributed by atoms with Crippen LogP contribution < -0.4 is 11.1 Å². The number of thioether (sulfide) groups is 1. The van der Waals surface area contributed by atoms with Crippen molar-refractivity contribution in [3.05, 3.63) is 6.20 Å². The molecule has 7 N–H and O–H groups in total. The lowest BCUT2D eigenvalue weighted by atomic mass is 9.98. The van der Waals surface area contributed by atoms with Gasteiger partial charge < -0.3 is 45.7 Å². The van der Waals surface area contributed by atoms with Crippen molar-refractivity contribution in [3.63, 3.8) is 0 Å². The molecular formula is C44H81N5O10S. The molecule has 1 aromatic heterocycles. The third-order valence-electron chi connectivity index (χ3n) is 11.0. The van der Waals surface area contributed by atoms with E-state index >= 15 is 0 Å². The smallest absolute Gasteiger partial charge is 0.306 e. The zero-order valence-electron chi connectivity index (χ0n) is 36.9. The van der Waals surface area contributed by atoms with Crippen molar-refractivity contribution in [2.45, 2.75) is 224 Å². The number of unbranched alkanes of at least 4 members (excludes halogenated alkanes) is 22. The summed E-state index contributed by atoms with van der Waals surface area (Å²) in [6.07, 6.45) is 22.8. The fourth-order valence-electron chi connectivity index (χ4n) is 7.22. The molecule has 2 rings (SSSR count). The number of aliphatic hydroxyl groups is 4. The Labute approximate surface area is 364 Å². The number of amides is 1. The number of hydrogen-bond acceptors (Lipinski definition) is 14. The number of aliphatic hydroxyl groups excluding tert-OH is 4. The van der Waals surface area contributed by atoms with E-state index in [4.69, 9.17) is 19.9 Å². The van der Waals surface area contributed by atoms with Crippen LogP contribution in [-0.2, 0) is 28.6 Å². The molecule has 1 saturated heterocycles. The monoisotopic (exact) mass is 872 g/mol. The van der Waals surface area contributed by atoms with E-state index in [1.54, 1.807) is 0 Å². The van der Waals surface area contributed by atoms with Crippen molar-refractivity contribution in [2.24, 2.45) is 5.73 Å². The van der Waals surface area contributed by atoms with Gasteiger partial charge in [0.1, 0.15) is 37.1 Å². The van der Waals surface area contributed by atoms with Crippen molar-refractivity contribution in [1.82, 2.24) is 15.0 Å². The van der Waals surface area contributed by atoms with Gasteiger partial charge in [-0.1, -0.05) is 160 Å². The number of hydrogen-bond donors (Lipinski definition) is 6. The first kappa shape index (κ1) is 53.8. The van der Waals surface area contributed by atoms with Crippen molar-refractivity contribution in [2.75, 3.05) is 30.0 Å². The van der Waals surface area contributed by atoms with Crippen LogP contribution in [0.1, 0.15) is 187 Å². The van der Waals surface area contributed by atoms with Crippen LogP contribution in [0.15, 0.2) is 6.20 Å². The third kappa shape index (κ3) is 23.8. The second-order valence-electron chi connectivity index (χ2n) is 16.5. The Morgan fingerprint density at radius 2 is 1.22 bits per heavy atom. The van der Waals surface area contributed by atoms with Gasteiger partial charge in [0.05, 0.1) is 18.8 Å². The second kappa shape index (κ2) is 34.2. The Morgan fingerprint density at radius 3 is 1.72 bits per heavy atom. The summed E-state index contributed by atoms with van der Waals surface area (Å²) in [4.78, 5) is 38.4. The van der Waals surface area contributed by atoms with Crippen molar-refractivity contribution in [3.8, 4) is 0 Å². The van der Waals surface area contributed by atoms with Gasteiger partial charge in [0, 0.05) is 24.3 Å². The maximum Gasteiger partial charge on any atom is 0.306 e. The molecule has 60 heavy (non-hydrogen) atoms. The molecule has 1 amide bonds. The lowest BCUT2D eigenvalue weighted by molar-refractivity contribution is -0.254. The normalized spacial score (nSPS) is 20.1. The van der Waals surface area contributed by atoms with Crippen LogP contribution in [0.25, 0.3) is 0 Å². The van der Waals surface area contributed by atoms with E-state index in [0.717, 1.165) is 43.2 Å². The first-order valence-corrected chi connectivity index (χ1v) is 24.5. The van der Waals surface area contributed by atoms with E-state index in [9.17, 15) is 34.8 Å². The molecule has 16 heteroatoms. The largest absolute Gasteiger partial charge is 0.462 e. The molecule has 0 aliphatic carbocycles. The van der Waals surface area contributed by atoms with Crippen LogP contribution in [0, 0.1) is 0 Å². The highest BCUT2D eigenvalue weighted by Gasteiger charge is 2.44. The van der Waals surface area contributed by atoms with Crippen LogP contribution in [0.5, 0.6) is 0 Å². The average molecular weight is 872 g/mol. The first-order valence-electron chi connectivity index (χ1n) is 23.3. The zero-order chi connectivity index (χ0) is 43.8. The van der Waals surface area contributed by atoms with Crippen LogP contribution >= 0.6 is 11.8 Å². The molecular weight excluding hydrogens is 791 g/mol. The quantitative estimate of drug-likeness (QED) is 0.0296. The van der Waals surface area contributed by atoms with Crippen molar-refractivity contribution >= 4 is 35.4 Å². The van der Waals surface area contributed by atoms with Gasteiger partial charge in [0.25, 0.3) is 0 Å². The Kier molecular flexibility index (Phi) is 30.6. The molecule has 0 bridgehead atoms. The Bertz CT molecular complexity index is 1260. The highest BCUT2D eigenvalue weighted by Crippen LogP contribution is 2.28. The highest BCUT2D eigenvalue weighted by molar-refractivity contribution is 7.99. The standard InChI is InChI=1S/C44H81N5O10S/c1-3-5-7-9-11-13-15-17-19-21-23-25-27-38(51)57-31-34(58-39(52)28-26-24-22-20-18-16-14-12-10-8-6-4-2)32-60-33-35(45)43(56)46-37-29-49(48-47-37)44-42(55)41(54)40(53)36(30-50)59-44/h29,34-36,40-42,44,50,53-55H,3-28,30-33,45H2,1-2H3,(H,46,56)/t34-,35-,36?,40?,41?,42?,44-/m1/s1. The van der Waals surface area contributed by atoms with E-state index in [-0.39, 0.29) is 42.3 Å². The number of ether oxygens (including phenoxy) is 3. The van der Waals surface area contributed by atoms with Crippen LogP contribution in [-0.4, -0.2) is 115 Å². The van der Waals surface area contributed by atoms with Crippen molar-refractivity contribution in [1.29, 1.82) is 0 Å². The van der Waals surface area contributed by atoms with Gasteiger partial charge in [0.2, 0.25) is 5.91 Å². The van der Waals surface area contributed by atoms with Gasteiger partial charge in [-0.05, 0) is 12.8 Å². The Hall–Kier alpha value is -2.34. The zero-order valence-corrected chi connectivity index (χ0v) is 37.7. The topological polar surface area (TPSA) is 229 Å². The number of anilines is 1. The lowest BCUT2D eigenvalue weighted by Gasteiger charge is -2.39. The van der Waals surface area contributed by atoms with Gasteiger partial charge in [-0.3, -0.25) is 14.4 Å². The highest BCUT2D eigenvalue weighted by atomic mass is 32.2. The van der Waals surface area contributed by atoms with Gasteiger partial charge in [-0.2, -0.15) is 11.8 Å². The maximum atomic E-state index is 12.9. The number of nitrogens with two attached hydrogens (primary N) is 1. The fourth-order valence-corrected chi connectivity index (χ4v) is 8.19. The molecule has 7 atom stereocenters. The van der Waals surface area contributed by atoms with Crippen LogP contribution in [0.2, 0.25) is 0 Å². The van der Waals surface area contributed by atoms with Gasteiger partial charge in [-0.15, -0.1) is 5.10 Å². The van der Waals surface area contributed by atoms with Crippen LogP contribution in [0.3, 0.4) is 0 Å². The van der Waals surface area contributed by atoms with E-state index in [0.29, 0.717) is 6.42 Å². The SMILES string of the molecule is CCCCCCCCCCCCCCC(=O)OC[C@H](CSC[C@@H](N)C(=O)Nc1cn([C@@H]2OC(CO)C(O)C(O)C2O)nn1)OC(=O)CCCCCCCCCCCCCC. The predicted octanol–water partition coefficient (Wildman–Crippen LogP) is 6.89. The molecule has 0 spiro atoms. The molecule has 0 radical (unpaired) electrons. The molecule has 4 unspecified atom stereocenters. The molecule has 1 aliphatic heterocycles. The predicted molar refractivity (Wildman–Crippen MR) is 235 cm³/mol. The summed E-state index contributed by atoms with van der Waals surface area (Å²) in [6.45, 7) is 3.80. The fraction of sp³-hybridized carbons (Fsp3) is 0.886. The first-order chi connectivity index (χ1) is 29.1. The second-order valence-corrected chi connectivity index (χ2v) is 17.6. The minimum atomic E-state index is -1.60. The number of aromatic nitrogens is 3. The summed E-state index contributed by atoms with van der Waals surface area (Å²) < 4.78 is 17.9. The molecule has 2 heterocycles. The van der Waals surface area contributed by atoms with Crippen molar-refractivity contribution < 1.29 is 49.0 Å². The summed E-state index contributed by atoms with van der Waals surface area (Å²) >= 11 is 1.29. The average Bonchev–Trinajstić information content (AvgIpc) is 3.70. The van der Waals surface area contributed by atoms with Gasteiger partial charge in [-0.25, -0.2) is 4.68 Å². The van der Waals surface area contributed by atoms with E-state index in [2.05, 4.69) is 29.5 Å². The summed E-state index contributed by atoms with van der Waals surface area (Å²) in [5.41, 5.74) is 6.17. The Morgan fingerprint density at radius 1 is 0.733 bits per heavy atom. The number of nitrogens with one attached hydrogen (secondary N) is 1. The summed E-state index contributed by atoms with van der Waals surface area (Å²) in [5, 5.41) is 50.3. The van der Waals surface area contributed by atoms with E-state index < -0.39 is 55.3 Å². The molecule has 1 aromatic rings. The molecule has 348 valence electrons. The number of esters is 2. The van der Waals surface area contributed by atoms with E-state index in [1.165, 1.54) is 134 Å². The summed E-state index contributed by atoms with van der Waals surface area (Å²) in [6, 6.07) is -0.988. The summed E-state index contributed by atoms with van der Waals surface area (Å²) in [5.74, 6) is -0.799. The maximum absolute atomic E-state index is 12.9. The minimum absolute atomic E-state index is 0.00194. The number of nitrogens with zero attached hydrogens (tertiary/aromatic N) is 3. The molecule has 0 aromatic carbocycles. The van der Waals surface area contributed by atoms with Gasteiger partial charge >= 0.3 is 11.9 Å².